The molecule has 0 fully saturated rings. The molecule has 0 saturated carbocycles. The monoisotopic (exact) mass is 270 g/mol. The molecule has 2 aliphatic carbocycles. The van der Waals surface area contributed by atoms with Gasteiger partial charge in [-0.2, -0.15) is 0 Å². The Morgan fingerprint density at radius 3 is 1.38 bits per heavy atom. The first kappa shape index (κ1) is 12.6. The van der Waals surface area contributed by atoms with Crippen molar-refractivity contribution < 1.29 is 0 Å². The van der Waals surface area contributed by atoms with Crippen molar-refractivity contribution in [2.45, 2.75) is 19.3 Å². The van der Waals surface area contributed by atoms with E-state index in [1.54, 1.807) is 0 Å². The molecule has 0 saturated heterocycles. The standard InChI is InChI=1S/C21H18/c1-2-9-19-13-16(12-18(19)8-1)6-5-7-17-14-20-10-3-4-11-21(20)15-17/h1-4,8-15H,5-7H2. The summed E-state index contributed by atoms with van der Waals surface area (Å²) in [5.41, 5.74) is 8.40. The fourth-order valence-corrected chi connectivity index (χ4v) is 3.22. The minimum atomic E-state index is 1.16. The van der Waals surface area contributed by atoms with Crippen LogP contribution in [0.3, 0.4) is 0 Å². The fourth-order valence-electron chi connectivity index (χ4n) is 3.22. The van der Waals surface area contributed by atoms with E-state index in [-0.39, 0.29) is 0 Å². The lowest BCUT2D eigenvalue weighted by molar-refractivity contribution is 0.824. The van der Waals surface area contributed by atoms with E-state index in [2.05, 4.69) is 73.5 Å². The van der Waals surface area contributed by atoms with Gasteiger partial charge in [-0.1, -0.05) is 71.8 Å². The molecule has 2 radical (unpaired) electrons. The molecule has 0 heteroatoms. The highest BCUT2D eigenvalue weighted by molar-refractivity contribution is 5.70. The summed E-state index contributed by atoms with van der Waals surface area (Å²) >= 11 is 0. The van der Waals surface area contributed by atoms with Crippen molar-refractivity contribution in [3.05, 3.63) is 94.8 Å². The maximum absolute atomic E-state index is 2.33. The van der Waals surface area contributed by atoms with Crippen LogP contribution >= 0.6 is 0 Å². The predicted octanol–water partition coefficient (Wildman–Crippen LogP) is 5.46. The summed E-state index contributed by atoms with van der Waals surface area (Å²) in [5.74, 6) is 0. The number of benzene rings is 2. The molecule has 2 aromatic carbocycles. The molecular formula is C21H18. The van der Waals surface area contributed by atoms with Crippen molar-refractivity contribution in [3.8, 4) is 0 Å². The van der Waals surface area contributed by atoms with E-state index in [0.29, 0.717) is 0 Å². The summed E-state index contributed by atoms with van der Waals surface area (Å²) in [5, 5.41) is 0. The van der Waals surface area contributed by atoms with E-state index in [0.717, 1.165) is 12.8 Å². The molecule has 21 heavy (non-hydrogen) atoms. The van der Waals surface area contributed by atoms with Crippen LogP contribution in [0.15, 0.2) is 59.7 Å². The van der Waals surface area contributed by atoms with Gasteiger partial charge in [0.05, 0.1) is 0 Å². The van der Waals surface area contributed by atoms with E-state index in [4.69, 9.17) is 0 Å². The molecule has 0 aliphatic heterocycles. The summed E-state index contributed by atoms with van der Waals surface area (Å²) in [6.45, 7) is 0. The molecule has 4 rings (SSSR count). The second kappa shape index (κ2) is 5.37. The largest absolute Gasteiger partial charge is 0.0619 e. The van der Waals surface area contributed by atoms with Gasteiger partial charge in [-0.3, -0.25) is 0 Å². The Bertz CT molecular complexity index is 668. The van der Waals surface area contributed by atoms with Crippen LogP contribution in [0.5, 0.6) is 0 Å². The van der Waals surface area contributed by atoms with Gasteiger partial charge in [0.2, 0.25) is 0 Å². The number of rotatable bonds is 4. The third kappa shape index (κ3) is 2.58. The summed E-state index contributed by atoms with van der Waals surface area (Å²) in [6.07, 6.45) is 12.9. The molecule has 0 atom stereocenters. The summed E-state index contributed by atoms with van der Waals surface area (Å²) < 4.78 is 0. The zero-order valence-electron chi connectivity index (χ0n) is 12.0. The van der Waals surface area contributed by atoms with Crippen molar-refractivity contribution in [2.75, 3.05) is 0 Å². The molecule has 0 spiro atoms. The highest BCUT2D eigenvalue weighted by Crippen LogP contribution is 2.32. The first-order valence-corrected chi connectivity index (χ1v) is 7.67. The maximum Gasteiger partial charge on any atom is 0.0164 e. The molecular weight excluding hydrogens is 252 g/mol. The number of allylic oxidation sites excluding steroid dienone is 2. The van der Waals surface area contributed by atoms with Crippen LogP contribution in [0.25, 0.3) is 12.2 Å². The van der Waals surface area contributed by atoms with Crippen LogP contribution in [-0.4, -0.2) is 0 Å². The van der Waals surface area contributed by atoms with Gasteiger partial charge >= 0.3 is 0 Å². The average Bonchev–Trinajstić information content (AvgIpc) is 3.09. The Hall–Kier alpha value is -2.08. The van der Waals surface area contributed by atoms with Crippen molar-refractivity contribution in [3.63, 3.8) is 0 Å². The van der Waals surface area contributed by atoms with Crippen molar-refractivity contribution >= 4 is 12.2 Å². The van der Waals surface area contributed by atoms with Crippen LogP contribution < -0.4 is 0 Å². The van der Waals surface area contributed by atoms with Gasteiger partial charge in [-0.05, 0) is 41.5 Å². The Morgan fingerprint density at radius 2 is 0.952 bits per heavy atom. The number of hydrogen-bond donors (Lipinski definition) is 0. The van der Waals surface area contributed by atoms with Gasteiger partial charge < -0.3 is 0 Å². The van der Waals surface area contributed by atoms with Crippen molar-refractivity contribution in [1.29, 1.82) is 0 Å². The predicted molar refractivity (Wildman–Crippen MR) is 89.5 cm³/mol. The third-order valence-electron chi connectivity index (χ3n) is 4.29. The minimum Gasteiger partial charge on any atom is -0.0619 e. The van der Waals surface area contributed by atoms with E-state index in [1.165, 1.54) is 39.8 Å². The zero-order chi connectivity index (χ0) is 14.1. The lowest BCUT2D eigenvalue weighted by Gasteiger charge is -2.03. The molecule has 0 amide bonds. The van der Waals surface area contributed by atoms with Crippen molar-refractivity contribution in [2.24, 2.45) is 0 Å². The summed E-state index contributed by atoms with van der Waals surface area (Å²) in [6, 6.07) is 17.2. The van der Waals surface area contributed by atoms with Gasteiger partial charge in [-0.15, -0.1) is 0 Å². The van der Waals surface area contributed by atoms with Gasteiger partial charge in [0.1, 0.15) is 0 Å². The summed E-state index contributed by atoms with van der Waals surface area (Å²) in [7, 11) is 0. The maximum atomic E-state index is 2.33. The lowest BCUT2D eigenvalue weighted by atomic mass is 10.0. The fraction of sp³-hybridized carbons (Fsp3) is 0.143. The molecule has 0 unspecified atom stereocenters. The second-order valence-electron chi connectivity index (χ2n) is 5.84. The first-order valence-electron chi connectivity index (χ1n) is 7.67. The third-order valence-corrected chi connectivity index (χ3v) is 4.29. The van der Waals surface area contributed by atoms with Crippen LogP contribution in [0, 0.1) is 12.8 Å². The minimum absolute atomic E-state index is 1.16. The van der Waals surface area contributed by atoms with Crippen LogP contribution in [0.4, 0.5) is 0 Å². The number of fused-ring (bicyclic) bond motifs is 2. The quantitative estimate of drug-likeness (QED) is 0.692. The highest BCUT2D eigenvalue weighted by Gasteiger charge is 2.14. The Kier molecular flexibility index (Phi) is 3.23. The van der Waals surface area contributed by atoms with Gasteiger partial charge in [0.15, 0.2) is 0 Å². The molecule has 0 bridgehead atoms. The normalized spacial score (nSPS) is 15.4. The van der Waals surface area contributed by atoms with Crippen LogP contribution in [0.1, 0.15) is 41.5 Å². The second-order valence-corrected chi connectivity index (χ2v) is 5.84. The Morgan fingerprint density at radius 1 is 0.524 bits per heavy atom. The van der Waals surface area contributed by atoms with E-state index in [9.17, 15) is 0 Å². The smallest absolute Gasteiger partial charge is 0.0164 e. The number of hydrogen-bond acceptors (Lipinski definition) is 0. The van der Waals surface area contributed by atoms with Crippen LogP contribution in [0.2, 0.25) is 0 Å². The van der Waals surface area contributed by atoms with Crippen molar-refractivity contribution in [1.82, 2.24) is 0 Å². The Labute approximate surface area is 126 Å². The van der Waals surface area contributed by atoms with Crippen LogP contribution in [-0.2, 0) is 0 Å². The first-order chi connectivity index (χ1) is 10.4. The molecule has 0 heterocycles. The topological polar surface area (TPSA) is 0 Å². The zero-order valence-corrected chi connectivity index (χ0v) is 12.0. The lowest BCUT2D eigenvalue weighted by Crippen LogP contribution is -1.86. The van der Waals surface area contributed by atoms with Gasteiger partial charge in [0.25, 0.3) is 0 Å². The van der Waals surface area contributed by atoms with E-state index in [1.807, 2.05) is 0 Å². The molecule has 2 aliphatic rings. The summed E-state index contributed by atoms with van der Waals surface area (Å²) in [4.78, 5) is 0. The highest BCUT2D eigenvalue weighted by atomic mass is 14.2. The van der Waals surface area contributed by atoms with E-state index >= 15 is 0 Å². The van der Waals surface area contributed by atoms with Gasteiger partial charge in [-0.25, -0.2) is 0 Å². The molecule has 0 N–H and O–H groups in total. The molecule has 0 aromatic heterocycles. The Balaban J connectivity index is 1.33. The SMILES string of the molecule is [CH]1C(CCCC2=Cc3ccccc3[CH]2)=Cc2ccccc21. The average molecular weight is 270 g/mol. The molecule has 2 aromatic rings. The van der Waals surface area contributed by atoms with Gasteiger partial charge in [0, 0.05) is 12.8 Å². The molecule has 0 nitrogen and oxygen atoms in total. The molecule has 102 valence electrons. The van der Waals surface area contributed by atoms with E-state index < -0.39 is 0 Å².